The number of benzene rings is 1. The summed E-state index contributed by atoms with van der Waals surface area (Å²) < 4.78 is 8.49. The van der Waals surface area contributed by atoms with Gasteiger partial charge in [0, 0.05) is 9.13 Å². The fraction of sp³-hybridized carbons (Fsp3) is 0.0833. The van der Waals surface area contributed by atoms with E-state index in [0.29, 0.717) is 22.6 Å². The molecule has 19 heavy (non-hydrogen) atoms. The minimum Gasteiger partial charge on any atom is -0.438 e. The number of rotatable bonds is 2. The van der Waals surface area contributed by atoms with E-state index < -0.39 is 0 Å². The fourth-order valence-electron chi connectivity index (χ4n) is 1.64. The number of fused-ring (bicyclic) bond motifs is 1. The van der Waals surface area contributed by atoms with Crippen molar-refractivity contribution in [3.8, 4) is 11.6 Å². The third kappa shape index (κ3) is 2.37. The van der Waals surface area contributed by atoms with Crippen molar-refractivity contribution in [2.45, 2.75) is 6.92 Å². The van der Waals surface area contributed by atoms with Gasteiger partial charge in [0.15, 0.2) is 0 Å². The van der Waals surface area contributed by atoms with Gasteiger partial charge in [0.1, 0.15) is 17.2 Å². The van der Waals surface area contributed by atoms with Crippen LogP contribution in [-0.2, 0) is 0 Å². The standard InChI is InChI=1S/C12H8ClIN4O/c1-7-10(13)17-12-15-6-16-18(12)11(7)19-9-4-2-3-8(14)5-9/h2-6H,1H3. The lowest BCUT2D eigenvalue weighted by Crippen LogP contribution is -2.01. The Morgan fingerprint density at radius 2 is 2.21 bits per heavy atom. The van der Waals surface area contributed by atoms with Crippen LogP contribution in [0.15, 0.2) is 30.6 Å². The summed E-state index contributed by atoms with van der Waals surface area (Å²) in [7, 11) is 0. The van der Waals surface area contributed by atoms with E-state index in [0.717, 1.165) is 9.13 Å². The van der Waals surface area contributed by atoms with E-state index in [9.17, 15) is 0 Å². The summed E-state index contributed by atoms with van der Waals surface area (Å²) in [5.74, 6) is 1.65. The van der Waals surface area contributed by atoms with Crippen LogP contribution >= 0.6 is 34.2 Å². The molecule has 0 atom stereocenters. The summed E-state index contributed by atoms with van der Waals surface area (Å²) in [5, 5.41) is 4.46. The SMILES string of the molecule is Cc1c(Cl)nc2ncnn2c1Oc1cccc(I)c1. The molecule has 0 fully saturated rings. The average molecular weight is 387 g/mol. The van der Waals surface area contributed by atoms with Gasteiger partial charge in [-0.3, -0.25) is 0 Å². The van der Waals surface area contributed by atoms with Gasteiger partial charge in [-0.15, -0.1) is 0 Å². The maximum atomic E-state index is 6.07. The van der Waals surface area contributed by atoms with Crippen molar-refractivity contribution in [1.29, 1.82) is 0 Å². The molecule has 3 rings (SSSR count). The number of hydrogen-bond donors (Lipinski definition) is 0. The average Bonchev–Trinajstić information content (AvgIpc) is 2.83. The molecule has 0 aliphatic rings. The number of halogens is 2. The Kier molecular flexibility index (Phi) is 3.28. The van der Waals surface area contributed by atoms with Crippen LogP contribution in [0.25, 0.3) is 5.78 Å². The van der Waals surface area contributed by atoms with Crippen LogP contribution in [0.4, 0.5) is 0 Å². The van der Waals surface area contributed by atoms with E-state index in [-0.39, 0.29) is 0 Å². The number of aromatic nitrogens is 4. The molecule has 2 aromatic heterocycles. The summed E-state index contributed by atoms with van der Waals surface area (Å²) in [4.78, 5) is 8.14. The summed E-state index contributed by atoms with van der Waals surface area (Å²) in [6.07, 6.45) is 1.42. The second-order valence-electron chi connectivity index (χ2n) is 3.86. The smallest absolute Gasteiger partial charge is 0.256 e. The molecular formula is C12H8ClIN4O. The Balaban J connectivity index is 2.14. The van der Waals surface area contributed by atoms with Gasteiger partial charge in [-0.1, -0.05) is 17.7 Å². The molecule has 96 valence electrons. The van der Waals surface area contributed by atoms with Gasteiger partial charge in [0.2, 0.25) is 5.88 Å². The van der Waals surface area contributed by atoms with Gasteiger partial charge in [-0.2, -0.15) is 19.6 Å². The van der Waals surface area contributed by atoms with Gasteiger partial charge in [0.25, 0.3) is 5.78 Å². The zero-order chi connectivity index (χ0) is 13.4. The molecule has 0 aliphatic carbocycles. The zero-order valence-corrected chi connectivity index (χ0v) is 12.8. The van der Waals surface area contributed by atoms with Crippen molar-refractivity contribution in [2.75, 3.05) is 0 Å². The lowest BCUT2D eigenvalue weighted by atomic mass is 10.3. The monoisotopic (exact) mass is 386 g/mol. The zero-order valence-electron chi connectivity index (χ0n) is 9.84. The highest BCUT2D eigenvalue weighted by Gasteiger charge is 2.14. The molecular weight excluding hydrogens is 379 g/mol. The second-order valence-corrected chi connectivity index (χ2v) is 5.47. The molecule has 0 amide bonds. The maximum absolute atomic E-state index is 6.07. The van der Waals surface area contributed by atoms with E-state index in [1.54, 1.807) is 0 Å². The van der Waals surface area contributed by atoms with Crippen LogP contribution in [0.1, 0.15) is 5.56 Å². The van der Waals surface area contributed by atoms with Crippen molar-refractivity contribution < 1.29 is 4.74 Å². The minimum atomic E-state index is 0.362. The normalized spacial score (nSPS) is 10.9. The first-order chi connectivity index (χ1) is 9.15. The summed E-state index contributed by atoms with van der Waals surface area (Å²) in [6.45, 7) is 1.83. The van der Waals surface area contributed by atoms with Gasteiger partial charge in [-0.25, -0.2) is 0 Å². The summed E-state index contributed by atoms with van der Waals surface area (Å²) >= 11 is 8.30. The van der Waals surface area contributed by atoms with Crippen LogP contribution < -0.4 is 4.74 Å². The van der Waals surface area contributed by atoms with Gasteiger partial charge < -0.3 is 4.74 Å². The van der Waals surface area contributed by atoms with Crippen molar-refractivity contribution in [3.63, 3.8) is 0 Å². The predicted molar refractivity (Wildman–Crippen MR) is 79.8 cm³/mol. The van der Waals surface area contributed by atoms with Crippen molar-refractivity contribution in [1.82, 2.24) is 19.6 Å². The molecule has 0 spiro atoms. The Morgan fingerprint density at radius 3 is 3.00 bits per heavy atom. The number of nitrogens with zero attached hydrogens (tertiary/aromatic N) is 4. The van der Waals surface area contributed by atoms with E-state index >= 15 is 0 Å². The Hall–Kier alpha value is -1.41. The highest BCUT2D eigenvalue weighted by atomic mass is 127. The first kappa shape index (κ1) is 12.6. The molecule has 2 heterocycles. The van der Waals surface area contributed by atoms with Crippen LogP contribution in [0.3, 0.4) is 0 Å². The first-order valence-corrected chi connectivity index (χ1v) is 6.90. The molecule has 3 aromatic rings. The molecule has 0 N–H and O–H groups in total. The topological polar surface area (TPSA) is 52.3 Å². The Bertz CT molecular complexity index is 759. The molecule has 0 saturated heterocycles. The molecule has 1 aromatic carbocycles. The van der Waals surface area contributed by atoms with Gasteiger partial charge in [0.05, 0.1) is 0 Å². The molecule has 0 saturated carbocycles. The third-order valence-electron chi connectivity index (χ3n) is 2.56. The number of hydrogen-bond acceptors (Lipinski definition) is 4. The quantitative estimate of drug-likeness (QED) is 0.500. The highest BCUT2D eigenvalue weighted by molar-refractivity contribution is 14.1. The fourth-order valence-corrected chi connectivity index (χ4v) is 2.31. The molecule has 0 aliphatic heterocycles. The second kappa shape index (κ2) is 4.93. The van der Waals surface area contributed by atoms with E-state index in [2.05, 4.69) is 37.7 Å². The third-order valence-corrected chi connectivity index (χ3v) is 3.60. The molecule has 5 nitrogen and oxygen atoms in total. The van der Waals surface area contributed by atoms with E-state index in [1.165, 1.54) is 10.8 Å². The van der Waals surface area contributed by atoms with Crippen LogP contribution in [0.5, 0.6) is 11.6 Å². The lowest BCUT2D eigenvalue weighted by Gasteiger charge is -2.10. The molecule has 0 unspecified atom stereocenters. The Labute approximate surface area is 127 Å². The van der Waals surface area contributed by atoms with Gasteiger partial charge >= 0.3 is 0 Å². The lowest BCUT2D eigenvalue weighted by molar-refractivity contribution is 0.441. The number of ether oxygens (including phenoxy) is 1. The largest absolute Gasteiger partial charge is 0.438 e. The van der Waals surface area contributed by atoms with E-state index in [4.69, 9.17) is 16.3 Å². The van der Waals surface area contributed by atoms with Crippen molar-refractivity contribution >= 4 is 40.0 Å². The Morgan fingerprint density at radius 1 is 1.37 bits per heavy atom. The predicted octanol–water partition coefficient (Wildman–Crippen LogP) is 3.48. The van der Waals surface area contributed by atoms with Crippen LogP contribution in [0, 0.1) is 10.5 Å². The van der Waals surface area contributed by atoms with Gasteiger partial charge in [-0.05, 0) is 47.7 Å². The van der Waals surface area contributed by atoms with Crippen molar-refractivity contribution in [3.05, 3.63) is 44.9 Å². The molecule has 0 bridgehead atoms. The minimum absolute atomic E-state index is 0.362. The molecule has 7 heteroatoms. The highest BCUT2D eigenvalue weighted by Crippen LogP contribution is 2.29. The summed E-state index contributed by atoms with van der Waals surface area (Å²) in [5.41, 5.74) is 0.721. The maximum Gasteiger partial charge on any atom is 0.256 e. The summed E-state index contributed by atoms with van der Waals surface area (Å²) in [6, 6.07) is 7.72. The molecule has 0 radical (unpaired) electrons. The van der Waals surface area contributed by atoms with Crippen molar-refractivity contribution in [2.24, 2.45) is 0 Å². The van der Waals surface area contributed by atoms with Crippen LogP contribution in [0.2, 0.25) is 5.15 Å². The van der Waals surface area contributed by atoms with Crippen LogP contribution in [-0.4, -0.2) is 19.6 Å². The van der Waals surface area contributed by atoms with E-state index in [1.807, 2.05) is 31.2 Å². The first-order valence-electron chi connectivity index (χ1n) is 5.44.